The molecule has 0 bridgehead atoms. The van der Waals surface area contributed by atoms with E-state index in [4.69, 9.17) is 4.52 Å². The zero-order valence-electron chi connectivity index (χ0n) is 12.5. The molecule has 22 heavy (non-hydrogen) atoms. The third-order valence-corrected chi connectivity index (χ3v) is 3.54. The molecule has 0 saturated heterocycles. The first-order valence-electron chi connectivity index (χ1n) is 6.97. The van der Waals surface area contributed by atoms with Gasteiger partial charge in [0.15, 0.2) is 0 Å². The molecule has 5 nitrogen and oxygen atoms in total. The van der Waals surface area contributed by atoms with Crippen LogP contribution >= 0.6 is 0 Å². The summed E-state index contributed by atoms with van der Waals surface area (Å²) in [6.45, 7) is 5.37. The standard InChI is InChI=1S/C16H16FN3O2/c1-8-4-11-6-12(13(17)7-14(11)18-8)10(3)19-16(21)15-5-9(2)20-22-15/h4-7,10,18H,1-3H3,(H,19,21)/t10-/m1/s1. The number of aromatic nitrogens is 2. The highest BCUT2D eigenvalue weighted by Gasteiger charge is 2.18. The number of rotatable bonds is 3. The number of carbonyl (C=O) groups is 1. The van der Waals surface area contributed by atoms with Crippen molar-refractivity contribution in [3.8, 4) is 0 Å². The van der Waals surface area contributed by atoms with Crippen molar-refractivity contribution >= 4 is 16.8 Å². The Kier molecular flexibility index (Phi) is 3.44. The minimum atomic E-state index is -0.488. The lowest BCUT2D eigenvalue weighted by Gasteiger charge is -2.14. The summed E-state index contributed by atoms with van der Waals surface area (Å²) in [7, 11) is 0. The number of amides is 1. The molecule has 0 spiro atoms. The van der Waals surface area contributed by atoms with Gasteiger partial charge in [0.05, 0.1) is 11.7 Å². The van der Waals surface area contributed by atoms with E-state index < -0.39 is 11.9 Å². The molecule has 3 aromatic rings. The van der Waals surface area contributed by atoms with Crippen molar-refractivity contribution < 1.29 is 13.7 Å². The van der Waals surface area contributed by atoms with E-state index >= 15 is 0 Å². The molecule has 1 atom stereocenters. The maximum Gasteiger partial charge on any atom is 0.290 e. The molecule has 2 aromatic heterocycles. The molecule has 3 rings (SSSR count). The van der Waals surface area contributed by atoms with Gasteiger partial charge in [-0.05, 0) is 39.0 Å². The van der Waals surface area contributed by atoms with Crippen molar-refractivity contribution in [2.75, 3.05) is 0 Å². The first-order valence-corrected chi connectivity index (χ1v) is 6.97. The van der Waals surface area contributed by atoms with Crippen LogP contribution < -0.4 is 5.32 Å². The van der Waals surface area contributed by atoms with Gasteiger partial charge in [-0.3, -0.25) is 4.79 Å². The zero-order valence-corrected chi connectivity index (χ0v) is 12.5. The van der Waals surface area contributed by atoms with Gasteiger partial charge in [0.1, 0.15) is 5.82 Å². The molecule has 0 aliphatic heterocycles. The van der Waals surface area contributed by atoms with Crippen LogP contribution in [0.3, 0.4) is 0 Å². The van der Waals surface area contributed by atoms with Gasteiger partial charge < -0.3 is 14.8 Å². The van der Waals surface area contributed by atoms with Gasteiger partial charge in [0.25, 0.3) is 5.91 Å². The predicted octanol–water partition coefficient (Wildman–Crippen LogP) is 3.40. The van der Waals surface area contributed by atoms with E-state index in [1.807, 2.05) is 13.0 Å². The summed E-state index contributed by atoms with van der Waals surface area (Å²) in [5.74, 6) is -0.669. The molecule has 2 heterocycles. The molecule has 6 heteroatoms. The first-order chi connectivity index (χ1) is 10.4. The van der Waals surface area contributed by atoms with Crippen LogP contribution in [0.4, 0.5) is 4.39 Å². The SMILES string of the molecule is Cc1cc(C(=O)N[C@H](C)c2cc3cc(C)[nH]c3cc2F)on1. The van der Waals surface area contributed by atoms with Crippen molar-refractivity contribution in [1.82, 2.24) is 15.5 Å². The number of carbonyl (C=O) groups excluding carboxylic acids is 1. The number of H-pyrrole nitrogens is 1. The molecule has 1 aromatic carbocycles. The van der Waals surface area contributed by atoms with Gasteiger partial charge in [-0.15, -0.1) is 0 Å². The molecule has 114 valence electrons. The monoisotopic (exact) mass is 301 g/mol. The average molecular weight is 301 g/mol. The fraction of sp³-hybridized carbons (Fsp3) is 0.250. The van der Waals surface area contributed by atoms with E-state index in [2.05, 4.69) is 15.5 Å². The Bertz CT molecular complexity index is 850. The third-order valence-electron chi connectivity index (χ3n) is 3.54. The Morgan fingerprint density at radius 2 is 2.09 bits per heavy atom. The van der Waals surface area contributed by atoms with E-state index in [0.717, 1.165) is 16.6 Å². The average Bonchev–Trinajstić information content (AvgIpc) is 3.02. The third kappa shape index (κ3) is 2.59. The summed E-state index contributed by atoms with van der Waals surface area (Å²) in [6.07, 6.45) is 0. The zero-order chi connectivity index (χ0) is 15.9. The van der Waals surface area contributed by atoms with Gasteiger partial charge >= 0.3 is 0 Å². The molecule has 0 aliphatic rings. The normalized spacial score (nSPS) is 12.5. The fourth-order valence-corrected chi connectivity index (χ4v) is 2.46. The van der Waals surface area contributed by atoms with E-state index in [1.165, 1.54) is 12.1 Å². The molecule has 0 unspecified atom stereocenters. The van der Waals surface area contributed by atoms with E-state index in [1.54, 1.807) is 19.9 Å². The number of halogens is 1. The van der Waals surface area contributed by atoms with Crippen LogP contribution in [-0.4, -0.2) is 16.0 Å². The lowest BCUT2D eigenvalue weighted by atomic mass is 10.1. The summed E-state index contributed by atoms with van der Waals surface area (Å²) in [4.78, 5) is 15.1. The quantitative estimate of drug-likeness (QED) is 0.779. The van der Waals surface area contributed by atoms with Gasteiger partial charge in [-0.2, -0.15) is 0 Å². The molecule has 0 radical (unpaired) electrons. The molecule has 0 aliphatic carbocycles. The number of nitrogens with zero attached hydrogens (tertiary/aromatic N) is 1. The number of hydrogen-bond donors (Lipinski definition) is 2. The van der Waals surface area contributed by atoms with E-state index in [0.29, 0.717) is 11.3 Å². The Hall–Kier alpha value is -2.63. The van der Waals surface area contributed by atoms with Crippen molar-refractivity contribution in [2.45, 2.75) is 26.8 Å². The second-order valence-corrected chi connectivity index (χ2v) is 5.44. The first kappa shape index (κ1) is 14.3. The largest absolute Gasteiger partial charge is 0.359 e. The molecular formula is C16H16FN3O2. The maximum atomic E-state index is 14.2. The van der Waals surface area contributed by atoms with Crippen LogP contribution in [0, 0.1) is 19.7 Å². The Morgan fingerprint density at radius 3 is 2.77 bits per heavy atom. The maximum absolute atomic E-state index is 14.2. The van der Waals surface area contributed by atoms with Crippen LogP contribution in [0.25, 0.3) is 10.9 Å². The van der Waals surface area contributed by atoms with Crippen molar-refractivity contribution in [2.24, 2.45) is 0 Å². The summed E-state index contributed by atoms with van der Waals surface area (Å²) < 4.78 is 19.1. The topological polar surface area (TPSA) is 70.9 Å². The number of nitrogens with one attached hydrogen (secondary N) is 2. The summed E-state index contributed by atoms with van der Waals surface area (Å²) in [6, 6.07) is 6.17. The smallest absolute Gasteiger partial charge is 0.290 e. The van der Waals surface area contributed by atoms with Crippen molar-refractivity contribution in [3.63, 3.8) is 0 Å². The lowest BCUT2D eigenvalue weighted by Crippen LogP contribution is -2.26. The number of aromatic amines is 1. The second-order valence-electron chi connectivity index (χ2n) is 5.44. The van der Waals surface area contributed by atoms with Crippen molar-refractivity contribution in [1.29, 1.82) is 0 Å². The molecule has 0 fully saturated rings. The number of benzene rings is 1. The van der Waals surface area contributed by atoms with Gasteiger partial charge in [-0.1, -0.05) is 5.16 Å². The highest BCUT2D eigenvalue weighted by molar-refractivity contribution is 5.91. The summed E-state index contributed by atoms with van der Waals surface area (Å²) in [5, 5.41) is 7.29. The van der Waals surface area contributed by atoms with Gasteiger partial charge in [0.2, 0.25) is 5.76 Å². The Labute approximate surface area is 126 Å². The Balaban J connectivity index is 1.86. The van der Waals surface area contributed by atoms with Crippen LogP contribution in [0.2, 0.25) is 0 Å². The molecule has 1 amide bonds. The highest BCUT2D eigenvalue weighted by Crippen LogP contribution is 2.24. The van der Waals surface area contributed by atoms with Crippen LogP contribution in [0.5, 0.6) is 0 Å². The van der Waals surface area contributed by atoms with Gasteiger partial charge in [-0.25, -0.2) is 4.39 Å². The van der Waals surface area contributed by atoms with E-state index in [9.17, 15) is 9.18 Å². The number of aryl methyl sites for hydroxylation is 2. The fourth-order valence-electron chi connectivity index (χ4n) is 2.46. The minimum Gasteiger partial charge on any atom is -0.359 e. The van der Waals surface area contributed by atoms with Crippen LogP contribution in [-0.2, 0) is 0 Å². The molecular weight excluding hydrogens is 285 g/mol. The van der Waals surface area contributed by atoms with Crippen molar-refractivity contribution in [3.05, 3.63) is 52.8 Å². The summed E-state index contributed by atoms with van der Waals surface area (Å²) in [5.41, 5.74) is 2.74. The summed E-state index contributed by atoms with van der Waals surface area (Å²) >= 11 is 0. The number of hydrogen-bond acceptors (Lipinski definition) is 3. The highest BCUT2D eigenvalue weighted by atomic mass is 19.1. The molecule has 2 N–H and O–H groups in total. The van der Waals surface area contributed by atoms with Crippen LogP contribution in [0.1, 0.15) is 40.5 Å². The lowest BCUT2D eigenvalue weighted by molar-refractivity contribution is 0.0902. The predicted molar refractivity (Wildman–Crippen MR) is 80.1 cm³/mol. The van der Waals surface area contributed by atoms with Crippen LogP contribution in [0.15, 0.2) is 28.8 Å². The minimum absolute atomic E-state index is 0.114. The number of fused-ring (bicyclic) bond motifs is 1. The Morgan fingerprint density at radius 1 is 1.32 bits per heavy atom. The second kappa shape index (κ2) is 5.29. The van der Waals surface area contributed by atoms with E-state index in [-0.39, 0.29) is 11.6 Å². The molecule has 0 saturated carbocycles. The van der Waals surface area contributed by atoms with Gasteiger partial charge in [0, 0.05) is 28.2 Å².